The number of rotatable bonds is 34. The summed E-state index contributed by atoms with van der Waals surface area (Å²) in [6, 6.07) is 6.44. The summed E-state index contributed by atoms with van der Waals surface area (Å²) in [7, 11) is 0. The lowest BCUT2D eigenvalue weighted by molar-refractivity contribution is 0.295. The quantitative estimate of drug-likeness (QED) is 0.0454. The summed E-state index contributed by atoms with van der Waals surface area (Å²) in [4.78, 5) is 55.8. The molecule has 0 atom stereocenters. The van der Waals surface area contributed by atoms with E-state index < -0.39 is 22.5 Å². The zero-order valence-electron chi connectivity index (χ0n) is 40.3. The van der Waals surface area contributed by atoms with Crippen LogP contribution in [0.15, 0.2) is 43.4 Å². The van der Waals surface area contributed by atoms with Crippen LogP contribution in [0.3, 0.4) is 0 Å². The molecule has 64 heavy (non-hydrogen) atoms. The fourth-order valence-corrected chi connectivity index (χ4v) is 7.89. The smallest absolute Gasteiger partial charge is 0.329 e. The third kappa shape index (κ3) is 21.8. The number of ether oxygens (including phenoxy) is 2. The number of H-pyrrole nitrogens is 2. The monoisotopic (exact) mass is 883 g/mol. The van der Waals surface area contributed by atoms with E-state index >= 15 is 0 Å². The second kappa shape index (κ2) is 33.8. The maximum Gasteiger partial charge on any atom is 0.329 e. The summed E-state index contributed by atoms with van der Waals surface area (Å²) >= 11 is 0. The Bertz CT molecular complexity index is 1970. The van der Waals surface area contributed by atoms with Crippen LogP contribution < -0.4 is 32.0 Å². The molecule has 0 fully saturated rings. The van der Waals surface area contributed by atoms with Gasteiger partial charge in [-0.15, -0.1) is 0 Å². The maximum atomic E-state index is 13.0. The van der Waals surface area contributed by atoms with Crippen molar-refractivity contribution in [1.29, 1.82) is 0 Å². The Hall–Kier alpha value is -4.70. The maximum absolute atomic E-state index is 13.0. The molecule has 0 saturated carbocycles. The number of benzene rings is 1. The molecule has 0 unspecified atom stereocenters. The molecule has 0 radical (unpaired) electrons. The lowest BCUT2D eigenvalue weighted by Gasteiger charge is -2.14. The third-order valence-electron chi connectivity index (χ3n) is 11.8. The highest BCUT2D eigenvalue weighted by Crippen LogP contribution is 2.29. The van der Waals surface area contributed by atoms with Crippen molar-refractivity contribution < 1.29 is 9.47 Å². The fraction of sp³-hybridized carbons (Fsp3) is 0.667. The largest absolute Gasteiger partial charge is 0.492 e. The number of nitrogens with zero attached hydrogens (tertiary/aromatic N) is 2. The van der Waals surface area contributed by atoms with Crippen LogP contribution in [-0.4, -0.2) is 32.3 Å². The molecule has 1 aromatic carbocycles. The lowest BCUT2D eigenvalue weighted by atomic mass is 10.1. The van der Waals surface area contributed by atoms with Gasteiger partial charge in [0.2, 0.25) is 0 Å². The van der Waals surface area contributed by atoms with E-state index in [1.165, 1.54) is 102 Å². The van der Waals surface area contributed by atoms with E-state index in [-0.39, 0.29) is 0 Å². The normalized spacial score (nSPS) is 10.9. The van der Waals surface area contributed by atoms with Crippen LogP contribution in [0.1, 0.15) is 230 Å². The summed E-state index contributed by atoms with van der Waals surface area (Å²) < 4.78 is 16.1. The zero-order chi connectivity index (χ0) is 46.0. The Morgan fingerprint density at radius 3 is 1.02 bits per heavy atom. The minimum absolute atomic E-state index is 0.341. The second-order valence-corrected chi connectivity index (χ2v) is 17.5. The summed E-state index contributed by atoms with van der Waals surface area (Å²) in [5.74, 6) is 13.8. The highest BCUT2D eigenvalue weighted by molar-refractivity contribution is 5.60. The van der Waals surface area contributed by atoms with Gasteiger partial charge in [0.1, 0.15) is 22.9 Å². The van der Waals surface area contributed by atoms with Crippen molar-refractivity contribution >= 4 is 0 Å². The number of hydrogen-bond acceptors (Lipinski definition) is 6. The molecular formula is C54H82N4O6. The molecule has 0 saturated heterocycles. The van der Waals surface area contributed by atoms with Crippen LogP contribution in [0.4, 0.5) is 0 Å². The van der Waals surface area contributed by atoms with Crippen LogP contribution in [-0.2, 0) is 13.1 Å². The first-order valence-corrected chi connectivity index (χ1v) is 25.5. The van der Waals surface area contributed by atoms with Gasteiger partial charge in [0.25, 0.3) is 11.1 Å². The summed E-state index contributed by atoms with van der Waals surface area (Å²) in [5, 5.41) is 0. The molecule has 2 N–H and O–H groups in total. The molecule has 0 aliphatic carbocycles. The molecule has 0 aliphatic heterocycles. The molecule has 2 aromatic heterocycles. The minimum atomic E-state index is -0.494. The Morgan fingerprint density at radius 2 is 0.688 bits per heavy atom. The summed E-state index contributed by atoms with van der Waals surface area (Å²) in [6.45, 7) is 10.6. The minimum Gasteiger partial charge on any atom is -0.492 e. The standard InChI is InChI=1S/C54H82N4O6/c1-5-9-13-17-19-21-23-25-27-31-39-63-49-41-46(34-36-48-44-52(60)56-54(62)58(48)38-30-16-12-8-4)50(64-40-32-28-26-24-22-20-18-14-10-6-2)42-45(49)33-35-47-43-51(59)55-53(61)57(47)37-29-15-11-7-3/h41-44H,5-32,37-40H2,1-4H3,(H,55,59,61)(H,56,60,62). The van der Waals surface area contributed by atoms with Gasteiger partial charge in [0.05, 0.1) is 24.3 Å². The van der Waals surface area contributed by atoms with Gasteiger partial charge in [0.15, 0.2) is 0 Å². The van der Waals surface area contributed by atoms with E-state index in [0.29, 0.717) is 60.3 Å². The van der Waals surface area contributed by atoms with Crippen LogP contribution in [0, 0.1) is 23.7 Å². The van der Waals surface area contributed by atoms with Crippen molar-refractivity contribution in [3.63, 3.8) is 0 Å². The number of aromatic amines is 2. The topological polar surface area (TPSA) is 128 Å². The van der Waals surface area contributed by atoms with Crippen molar-refractivity contribution in [2.45, 2.75) is 221 Å². The molecule has 10 heteroatoms. The van der Waals surface area contributed by atoms with E-state index in [9.17, 15) is 19.2 Å². The highest BCUT2D eigenvalue weighted by atomic mass is 16.5. The van der Waals surface area contributed by atoms with Crippen LogP contribution in [0.2, 0.25) is 0 Å². The molecule has 0 bridgehead atoms. The van der Waals surface area contributed by atoms with Gasteiger partial charge < -0.3 is 9.47 Å². The van der Waals surface area contributed by atoms with E-state index in [0.717, 1.165) is 89.9 Å². The number of aromatic nitrogens is 4. The van der Waals surface area contributed by atoms with Crippen molar-refractivity contribution in [2.75, 3.05) is 13.2 Å². The molecule has 3 rings (SSSR count). The molecule has 0 aliphatic rings. The van der Waals surface area contributed by atoms with Gasteiger partial charge in [-0.2, -0.15) is 0 Å². The summed E-state index contributed by atoms with van der Waals surface area (Å²) in [6.07, 6.45) is 32.0. The molecule has 354 valence electrons. The van der Waals surface area contributed by atoms with Crippen molar-refractivity contribution in [3.05, 3.63) is 88.5 Å². The Kier molecular flexibility index (Phi) is 28.3. The van der Waals surface area contributed by atoms with Crippen molar-refractivity contribution in [1.82, 2.24) is 19.1 Å². The Balaban J connectivity index is 1.99. The average molecular weight is 883 g/mol. The highest BCUT2D eigenvalue weighted by Gasteiger charge is 2.13. The van der Waals surface area contributed by atoms with E-state index in [4.69, 9.17) is 9.47 Å². The Morgan fingerprint density at radius 1 is 0.391 bits per heavy atom. The number of hydrogen-bond donors (Lipinski definition) is 2. The van der Waals surface area contributed by atoms with Gasteiger partial charge in [-0.1, -0.05) is 194 Å². The molecule has 0 spiro atoms. The summed E-state index contributed by atoms with van der Waals surface area (Å²) in [5.41, 5.74) is -0.129. The average Bonchev–Trinajstić information content (AvgIpc) is 3.27. The molecule has 0 amide bonds. The van der Waals surface area contributed by atoms with Crippen molar-refractivity contribution in [2.24, 2.45) is 0 Å². The van der Waals surface area contributed by atoms with Gasteiger partial charge in [-0.05, 0) is 37.5 Å². The second-order valence-electron chi connectivity index (χ2n) is 17.5. The zero-order valence-corrected chi connectivity index (χ0v) is 40.3. The first-order valence-electron chi connectivity index (χ1n) is 25.5. The Labute approximate surface area is 384 Å². The van der Waals surface area contributed by atoms with Gasteiger partial charge in [0, 0.05) is 37.4 Å². The first kappa shape index (κ1) is 53.6. The molecule has 2 heterocycles. The SMILES string of the molecule is CCCCCCCCCCCCOc1cc(C#Cc2cc(=O)[nH]c(=O)n2CCCCCC)c(OCCCCCCCCCCCC)cc1C#Cc1cc(=O)[nH]c(=O)n1CCCCCC. The third-order valence-corrected chi connectivity index (χ3v) is 11.8. The number of nitrogens with one attached hydrogen (secondary N) is 2. The van der Waals surface area contributed by atoms with Crippen molar-refractivity contribution in [3.8, 4) is 35.2 Å². The predicted molar refractivity (Wildman–Crippen MR) is 264 cm³/mol. The van der Waals surface area contributed by atoms with Gasteiger partial charge >= 0.3 is 11.4 Å². The van der Waals surface area contributed by atoms with Gasteiger partial charge in [-0.25, -0.2) is 9.59 Å². The van der Waals surface area contributed by atoms with Crippen LogP contribution in [0.5, 0.6) is 11.5 Å². The van der Waals surface area contributed by atoms with E-state index in [1.54, 1.807) is 9.13 Å². The van der Waals surface area contributed by atoms with Crippen LogP contribution in [0.25, 0.3) is 0 Å². The van der Waals surface area contributed by atoms with E-state index in [2.05, 4.69) is 61.3 Å². The molecule has 3 aromatic rings. The number of unbranched alkanes of at least 4 members (excludes halogenated alkanes) is 24. The van der Waals surface area contributed by atoms with E-state index in [1.807, 2.05) is 12.1 Å². The first-order chi connectivity index (χ1) is 31.3. The van der Waals surface area contributed by atoms with Gasteiger partial charge in [-0.3, -0.25) is 28.7 Å². The lowest BCUT2D eigenvalue weighted by Crippen LogP contribution is -2.31. The van der Waals surface area contributed by atoms with Crippen LogP contribution >= 0.6 is 0 Å². The predicted octanol–water partition coefficient (Wildman–Crippen LogP) is 11.9. The molecular weight excluding hydrogens is 801 g/mol. The fourth-order valence-electron chi connectivity index (χ4n) is 7.89. The molecule has 10 nitrogen and oxygen atoms in total.